The predicted octanol–water partition coefficient (Wildman–Crippen LogP) is 5.67. The van der Waals surface area contributed by atoms with Crippen LogP contribution in [0.5, 0.6) is 0 Å². The average Bonchev–Trinajstić information content (AvgIpc) is 2.34. The van der Waals surface area contributed by atoms with Crippen LogP contribution in [0.25, 0.3) is 0 Å². The molecule has 0 atom stereocenters. The molecular weight excluding hydrogens is 457 g/mol. The van der Waals surface area contributed by atoms with Gasteiger partial charge in [-0.1, -0.05) is 31.9 Å². The van der Waals surface area contributed by atoms with E-state index in [0.29, 0.717) is 15.7 Å². The molecule has 2 aromatic carbocycles. The van der Waals surface area contributed by atoms with Gasteiger partial charge in [-0.3, -0.25) is 4.79 Å². The first-order chi connectivity index (χ1) is 9.36. The van der Waals surface area contributed by atoms with Gasteiger partial charge < -0.3 is 5.32 Å². The van der Waals surface area contributed by atoms with Crippen molar-refractivity contribution in [2.24, 2.45) is 0 Å². The number of carbonyl (C=O) groups excluding carboxylic acids is 1. The number of halogens is 4. The Labute approximate surface area is 141 Å². The molecule has 6 heteroatoms. The summed E-state index contributed by atoms with van der Waals surface area (Å²) in [5.41, 5.74) is 1.71. The monoisotopic (exact) mass is 463 g/mol. The number of carbonyl (C=O) groups is 1. The summed E-state index contributed by atoms with van der Waals surface area (Å²) in [6.45, 7) is 1.80. The third kappa shape index (κ3) is 3.68. The molecule has 20 heavy (non-hydrogen) atoms. The zero-order chi connectivity index (χ0) is 14.9. The predicted molar refractivity (Wildman–Crippen MR) is 88.6 cm³/mol. The van der Waals surface area contributed by atoms with Gasteiger partial charge in [-0.05, 0) is 58.7 Å². The van der Waals surface area contributed by atoms with Crippen LogP contribution in [0.1, 0.15) is 15.9 Å². The van der Waals surface area contributed by atoms with Gasteiger partial charge in [0.15, 0.2) is 0 Å². The van der Waals surface area contributed by atoms with Crippen molar-refractivity contribution in [2.45, 2.75) is 6.92 Å². The first-order valence-corrected chi connectivity index (χ1v) is 7.98. The van der Waals surface area contributed by atoms with Gasteiger partial charge >= 0.3 is 0 Å². The molecule has 2 aromatic rings. The SMILES string of the molecule is Cc1cc(Br)c(F)cc1NC(=O)c1cc(Br)cc(Br)c1. The van der Waals surface area contributed by atoms with Gasteiger partial charge in [0.25, 0.3) is 5.91 Å². The average molecular weight is 466 g/mol. The number of anilines is 1. The molecular formula is C14H9Br3FNO. The van der Waals surface area contributed by atoms with Crippen molar-refractivity contribution >= 4 is 59.4 Å². The van der Waals surface area contributed by atoms with Gasteiger partial charge in [-0.15, -0.1) is 0 Å². The van der Waals surface area contributed by atoms with Gasteiger partial charge in [0.1, 0.15) is 5.82 Å². The molecule has 0 unspecified atom stereocenters. The van der Waals surface area contributed by atoms with E-state index in [1.54, 1.807) is 25.1 Å². The fraction of sp³-hybridized carbons (Fsp3) is 0.0714. The Hall–Kier alpha value is -0.720. The molecule has 0 fully saturated rings. The fourth-order valence-corrected chi connectivity index (χ4v) is 3.41. The van der Waals surface area contributed by atoms with Gasteiger partial charge in [0, 0.05) is 20.2 Å². The van der Waals surface area contributed by atoms with Crippen molar-refractivity contribution in [3.8, 4) is 0 Å². The Kier molecular flexibility index (Phi) is 4.99. The van der Waals surface area contributed by atoms with E-state index in [-0.39, 0.29) is 5.91 Å². The number of hydrogen-bond donors (Lipinski definition) is 1. The van der Waals surface area contributed by atoms with Crippen LogP contribution in [0.2, 0.25) is 0 Å². The van der Waals surface area contributed by atoms with E-state index in [9.17, 15) is 9.18 Å². The Morgan fingerprint density at radius 2 is 1.65 bits per heavy atom. The molecule has 104 valence electrons. The maximum absolute atomic E-state index is 13.5. The molecule has 0 spiro atoms. The van der Waals surface area contributed by atoms with E-state index in [4.69, 9.17) is 0 Å². The lowest BCUT2D eigenvalue weighted by Gasteiger charge is -2.10. The zero-order valence-corrected chi connectivity index (χ0v) is 15.1. The van der Waals surface area contributed by atoms with E-state index in [1.807, 2.05) is 6.07 Å². The summed E-state index contributed by atoms with van der Waals surface area (Å²) in [5, 5.41) is 2.71. The van der Waals surface area contributed by atoms with Gasteiger partial charge in [-0.25, -0.2) is 4.39 Å². The molecule has 0 aliphatic heterocycles. The van der Waals surface area contributed by atoms with Crippen LogP contribution in [-0.4, -0.2) is 5.91 Å². The molecule has 0 bridgehead atoms. The highest BCUT2D eigenvalue weighted by atomic mass is 79.9. The molecule has 0 heterocycles. The summed E-state index contributed by atoms with van der Waals surface area (Å²) < 4.78 is 15.5. The largest absolute Gasteiger partial charge is 0.322 e. The lowest BCUT2D eigenvalue weighted by molar-refractivity contribution is 0.102. The van der Waals surface area contributed by atoms with Crippen molar-refractivity contribution in [1.29, 1.82) is 0 Å². The number of rotatable bonds is 2. The first kappa shape index (κ1) is 15.7. The van der Waals surface area contributed by atoms with Gasteiger partial charge in [0.2, 0.25) is 0 Å². The Morgan fingerprint density at radius 3 is 2.25 bits per heavy atom. The summed E-state index contributed by atoms with van der Waals surface area (Å²) in [4.78, 5) is 12.2. The van der Waals surface area contributed by atoms with Crippen molar-refractivity contribution in [3.63, 3.8) is 0 Å². The molecule has 0 aromatic heterocycles. The number of amides is 1. The number of benzene rings is 2. The third-order valence-electron chi connectivity index (χ3n) is 2.64. The quantitative estimate of drug-likeness (QED) is 0.608. The molecule has 1 N–H and O–H groups in total. The Bertz CT molecular complexity index is 668. The van der Waals surface area contributed by atoms with Crippen LogP contribution in [0, 0.1) is 12.7 Å². The van der Waals surface area contributed by atoms with Gasteiger partial charge in [-0.2, -0.15) is 0 Å². The van der Waals surface area contributed by atoms with E-state index in [0.717, 1.165) is 14.5 Å². The van der Waals surface area contributed by atoms with Crippen LogP contribution in [0.4, 0.5) is 10.1 Å². The zero-order valence-electron chi connectivity index (χ0n) is 10.3. The summed E-state index contributed by atoms with van der Waals surface area (Å²) in [6, 6.07) is 8.16. The second-order valence-electron chi connectivity index (χ2n) is 4.19. The summed E-state index contributed by atoms with van der Waals surface area (Å²) in [5.74, 6) is -0.710. The van der Waals surface area contributed by atoms with Crippen molar-refractivity contribution < 1.29 is 9.18 Å². The maximum Gasteiger partial charge on any atom is 0.255 e. The Balaban J connectivity index is 2.30. The highest BCUT2D eigenvalue weighted by molar-refractivity contribution is 9.11. The van der Waals surface area contributed by atoms with Crippen LogP contribution in [0.15, 0.2) is 43.7 Å². The standard InChI is InChI=1S/C14H9Br3FNO/c1-7-2-11(17)12(18)6-13(7)19-14(20)8-3-9(15)5-10(16)4-8/h2-6H,1H3,(H,19,20). The molecule has 0 saturated carbocycles. The number of nitrogens with one attached hydrogen (secondary N) is 1. The molecule has 2 nitrogen and oxygen atoms in total. The third-order valence-corrected chi connectivity index (χ3v) is 4.16. The maximum atomic E-state index is 13.5. The molecule has 0 saturated heterocycles. The lowest BCUT2D eigenvalue weighted by atomic mass is 10.1. The van der Waals surface area contributed by atoms with Crippen LogP contribution >= 0.6 is 47.8 Å². The topological polar surface area (TPSA) is 29.1 Å². The normalized spacial score (nSPS) is 10.4. The summed E-state index contributed by atoms with van der Waals surface area (Å²) in [7, 11) is 0. The van der Waals surface area contributed by atoms with E-state index < -0.39 is 5.82 Å². The second kappa shape index (κ2) is 6.37. The first-order valence-electron chi connectivity index (χ1n) is 5.60. The van der Waals surface area contributed by atoms with E-state index in [1.165, 1.54) is 6.07 Å². The van der Waals surface area contributed by atoms with E-state index in [2.05, 4.69) is 53.1 Å². The molecule has 0 radical (unpaired) electrons. The summed E-state index contributed by atoms with van der Waals surface area (Å²) >= 11 is 9.76. The molecule has 0 aliphatic carbocycles. The Morgan fingerprint density at radius 1 is 1.05 bits per heavy atom. The second-order valence-corrected chi connectivity index (χ2v) is 6.88. The fourth-order valence-electron chi connectivity index (χ4n) is 1.66. The molecule has 2 rings (SSSR count). The highest BCUT2D eigenvalue weighted by Gasteiger charge is 2.11. The van der Waals surface area contributed by atoms with Crippen LogP contribution in [-0.2, 0) is 0 Å². The smallest absolute Gasteiger partial charge is 0.255 e. The minimum Gasteiger partial charge on any atom is -0.322 e. The van der Waals surface area contributed by atoms with Crippen molar-refractivity contribution in [2.75, 3.05) is 5.32 Å². The van der Waals surface area contributed by atoms with E-state index >= 15 is 0 Å². The van der Waals surface area contributed by atoms with Gasteiger partial charge in [0.05, 0.1) is 4.47 Å². The molecule has 0 aliphatic rings. The van der Waals surface area contributed by atoms with Crippen molar-refractivity contribution in [1.82, 2.24) is 0 Å². The minimum absolute atomic E-state index is 0.295. The highest BCUT2D eigenvalue weighted by Crippen LogP contribution is 2.25. The number of hydrogen-bond acceptors (Lipinski definition) is 1. The minimum atomic E-state index is -0.415. The molecule has 1 amide bonds. The number of aryl methyl sites for hydroxylation is 1. The van der Waals surface area contributed by atoms with Crippen LogP contribution in [0.3, 0.4) is 0 Å². The lowest BCUT2D eigenvalue weighted by Crippen LogP contribution is -2.13. The van der Waals surface area contributed by atoms with Crippen molar-refractivity contribution in [3.05, 3.63) is 60.7 Å². The summed E-state index contributed by atoms with van der Waals surface area (Å²) in [6.07, 6.45) is 0. The van der Waals surface area contributed by atoms with Crippen LogP contribution < -0.4 is 5.32 Å².